The van der Waals surface area contributed by atoms with Crippen LogP contribution in [0.15, 0.2) is 0 Å². The van der Waals surface area contributed by atoms with Gasteiger partial charge in [0.05, 0.1) is 0 Å². The molecule has 0 spiro atoms. The van der Waals surface area contributed by atoms with Crippen LogP contribution in [0.4, 0.5) is 0 Å². The lowest BCUT2D eigenvalue weighted by atomic mass is 10.0. The van der Waals surface area contributed by atoms with E-state index in [1.54, 1.807) is 0 Å². The van der Waals surface area contributed by atoms with Crippen molar-refractivity contribution >= 4 is 5.91 Å². The molecular formula is C12H24N2O. The monoisotopic (exact) mass is 212 g/mol. The zero-order valence-corrected chi connectivity index (χ0v) is 10.3. The van der Waals surface area contributed by atoms with Gasteiger partial charge in [0.15, 0.2) is 0 Å². The van der Waals surface area contributed by atoms with E-state index in [0.29, 0.717) is 12.3 Å². The minimum absolute atomic E-state index is 0.0265. The number of nitrogens with one attached hydrogen (secondary N) is 1. The first-order valence-electron chi connectivity index (χ1n) is 6.09. The van der Waals surface area contributed by atoms with Gasteiger partial charge in [0.2, 0.25) is 5.91 Å². The van der Waals surface area contributed by atoms with E-state index in [2.05, 4.69) is 31.0 Å². The van der Waals surface area contributed by atoms with Crippen LogP contribution >= 0.6 is 0 Å². The Bertz CT molecular complexity index is 214. The maximum Gasteiger partial charge on any atom is 0.223 e. The van der Waals surface area contributed by atoms with E-state index < -0.39 is 0 Å². The summed E-state index contributed by atoms with van der Waals surface area (Å²) in [4.78, 5) is 14.1. The van der Waals surface area contributed by atoms with Crippen molar-refractivity contribution in [1.29, 1.82) is 0 Å². The Morgan fingerprint density at radius 2 is 2.20 bits per heavy atom. The molecule has 1 saturated heterocycles. The van der Waals surface area contributed by atoms with Crippen molar-refractivity contribution in [2.45, 2.75) is 52.0 Å². The first-order chi connectivity index (χ1) is 7.08. The quantitative estimate of drug-likeness (QED) is 0.773. The molecule has 1 aliphatic heterocycles. The summed E-state index contributed by atoms with van der Waals surface area (Å²) >= 11 is 0. The van der Waals surface area contributed by atoms with Gasteiger partial charge in [-0.25, -0.2) is 0 Å². The van der Waals surface area contributed by atoms with Crippen molar-refractivity contribution in [1.82, 2.24) is 10.2 Å². The fourth-order valence-electron chi connectivity index (χ4n) is 2.08. The molecule has 3 heteroatoms. The van der Waals surface area contributed by atoms with Crippen LogP contribution in [-0.4, -0.2) is 36.0 Å². The Hall–Kier alpha value is -0.570. The fraction of sp³-hybridized carbons (Fsp3) is 0.917. The second-order valence-electron chi connectivity index (χ2n) is 4.99. The van der Waals surface area contributed by atoms with Gasteiger partial charge in [-0.1, -0.05) is 13.3 Å². The van der Waals surface area contributed by atoms with Crippen LogP contribution in [-0.2, 0) is 4.79 Å². The predicted octanol–water partition coefficient (Wildman–Crippen LogP) is 1.78. The van der Waals surface area contributed by atoms with E-state index in [9.17, 15) is 4.79 Å². The normalized spacial score (nSPS) is 21.1. The topological polar surface area (TPSA) is 32.3 Å². The molecular weight excluding hydrogens is 188 g/mol. The molecule has 0 saturated carbocycles. The third-order valence-electron chi connectivity index (χ3n) is 3.07. The van der Waals surface area contributed by atoms with E-state index in [-0.39, 0.29) is 5.54 Å². The van der Waals surface area contributed by atoms with Crippen molar-refractivity contribution < 1.29 is 4.79 Å². The smallest absolute Gasteiger partial charge is 0.223 e. The molecule has 0 aliphatic carbocycles. The summed E-state index contributed by atoms with van der Waals surface area (Å²) in [6.45, 7) is 9.27. The van der Waals surface area contributed by atoms with Crippen molar-refractivity contribution in [2.75, 3.05) is 19.6 Å². The van der Waals surface area contributed by atoms with E-state index >= 15 is 0 Å². The Kier molecular flexibility index (Phi) is 4.58. The Balaban J connectivity index is 2.58. The summed E-state index contributed by atoms with van der Waals surface area (Å²) in [5.41, 5.74) is -0.0265. The van der Waals surface area contributed by atoms with Crippen molar-refractivity contribution in [3.05, 3.63) is 0 Å². The van der Waals surface area contributed by atoms with Crippen molar-refractivity contribution in [2.24, 2.45) is 0 Å². The molecule has 0 aromatic carbocycles. The average molecular weight is 212 g/mol. The molecule has 1 amide bonds. The standard InChI is InChI=1S/C12H24N2O/c1-4-5-7-11(15)14-9-6-8-13-10-12(14,2)3/h13H,4-10H2,1-3H3. The van der Waals surface area contributed by atoms with Gasteiger partial charge >= 0.3 is 0 Å². The molecule has 1 fully saturated rings. The van der Waals surface area contributed by atoms with Crippen LogP contribution in [0, 0.1) is 0 Å². The van der Waals surface area contributed by atoms with Crippen LogP contribution in [0.2, 0.25) is 0 Å². The van der Waals surface area contributed by atoms with E-state index in [0.717, 1.165) is 38.9 Å². The summed E-state index contributed by atoms with van der Waals surface area (Å²) in [7, 11) is 0. The molecule has 0 unspecified atom stereocenters. The largest absolute Gasteiger partial charge is 0.336 e. The average Bonchev–Trinajstić information content (AvgIpc) is 2.35. The second kappa shape index (κ2) is 5.50. The molecule has 1 N–H and O–H groups in total. The van der Waals surface area contributed by atoms with Crippen LogP contribution in [0.1, 0.15) is 46.5 Å². The van der Waals surface area contributed by atoms with Gasteiger partial charge in [-0.2, -0.15) is 0 Å². The van der Waals surface area contributed by atoms with Gasteiger partial charge in [-0.3, -0.25) is 4.79 Å². The van der Waals surface area contributed by atoms with Gasteiger partial charge in [0.1, 0.15) is 0 Å². The van der Waals surface area contributed by atoms with Gasteiger partial charge < -0.3 is 10.2 Å². The minimum atomic E-state index is -0.0265. The highest BCUT2D eigenvalue weighted by atomic mass is 16.2. The molecule has 1 rings (SSSR count). The zero-order valence-electron chi connectivity index (χ0n) is 10.3. The summed E-state index contributed by atoms with van der Waals surface area (Å²) in [5.74, 6) is 0.325. The highest BCUT2D eigenvalue weighted by molar-refractivity contribution is 5.77. The SMILES string of the molecule is CCCCC(=O)N1CCCNCC1(C)C. The predicted molar refractivity (Wildman–Crippen MR) is 62.8 cm³/mol. The summed E-state index contributed by atoms with van der Waals surface area (Å²) in [6, 6.07) is 0. The van der Waals surface area contributed by atoms with Crippen LogP contribution in [0.3, 0.4) is 0 Å². The number of rotatable bonds is 3. The molecule has 3 nitrogen and oxygen atoms in total. The number of carbonyl (C=O) groups is 1. The maximum absolute atomic E-state index is 12.0. The van der Waals surface area contributed by atoms with Gasteiger partial charge in [-0.05, 0) is 33.2 Å². The molecule has 88 valence electrons. The fourth-order valence-corrected chi connectivity index (χ4v) is 2.08. The number of hydrogen-bond donors (Lipinski definition) is 1. The minimum Gasteiger partial charge on any atom is -0.336 e. The molecule has 15 heavy (non-hydrogen) atoms. The maximum atomic E-state index is 12.0. The summed E-state index contributed by atoms with van der Waals surface area (Å²) in [5, 5.41) is 3.38. The molecule has 0 atom stereocenters. The summed E-state index contributed by atoms with van der Waals surface area (Å²) in [6.07, 6.45) is 3.89. The second-order valence-corrected chi connectivity index (χ2v) is 4.99. The lowest BCUT2D eigenvalue weighted by Gasteiger charge is -2.37. The zero-order chi connectivity index (χ0) is 11.3. The summed E-state index contributed by atoms with van der Waals surface area (Å²) < 4.78 is 0. The number of carbonyl (C=O) groups excluding carboxylic acids is 1. The number of amides is 1. The lowest BCUT2D eigenvalue weighted by Crippen LogP contribution is -2.51. The van der Waals surface area contributed by atoms with Gasteiger partial charge in [0.25, 0.3) is 0 Å². The van der Waals surface area contributed by atoms with Crippen LogP contribution in [0.5, 0.6) is 0 Å². The highest BCUT2D eigenvalue weighted by Gasteiger charge is 2.31. The Labute approximate surface area is 93.2 Å². The molecule has 0 bridgehead atoms. The van der Waals surface area contributed by atoms with Crippen molar-refractivity contribution in [3.63, 3.8) is 0 Å². The molecule has 1 heterocycles. The van der Waals surface area contributed by atoms with Crippen molar-refractivity contribution in [3.8, 4) is 0 Å². The van der Waals surface area contributed by atoms with E-state index in [1.807, 2.05) is 0 Å². The number of unbranched alkanes of at least 4 members (excludes halogenated alkanes) is 1. The van der Waals surface area contributed by atoms with Gasteiger partial charge in [-0.15, -0.1) is 0 Å². The highest BCUT2D eigenvalue weighted by Crippen LogP contribution is 2.18. The Morgan fingerprint density at radius 3 is 2.87 bits per heavy atom. The van der Waals surface area contributed by atoms with Crippen LogP contribution in [0.25, 0.3) is 0 Å². The molecule has 0 aromatic heterocycles. The number of nitrogens with zero attached hydrogens (tertiary/aromatic N) is 1. The molecule has 0 radical (unpaired) electrons. The van der Waals surface area contributed by atoms with E-state index in [1.165, 1.54) is 0 Å². The Morgan fingerprint density at radius 1 is 1.47 bits per heavy atom. The number of hydrogen-bond acceptors (Lipinski definition) is 2. The third kappa shape index (κ3) is 3.49. The third-order valence-corrected chi connectivity index (χ3v) is 3.07. The van der Waals surface area contributed by atoms with E-state index in [4.69, 9.17) is 0 Å². The molecule has 1 aliphatic rings. The first-order valence-corrected chi connectivity index (χ1v) is 6.09. The lowest BCUT2D eigenvalue weighted by molar-refractivity contribution is -0.136. The van der Waals surface area contributed by atoms with Crippen LogP contribution < -0.4 is 5.32 Å². The first kappa shape index (κ1) is 12.5. The van der Waals surface area contributed by atoms with Gasteiger partial charge in [0, 0.05) is 25.0 Å². The molecule has 0 aromatic rings.